The summed E-state index contributed by atoms with van der Waals surface area (Å²) in [7, 11) is 2.03. The lowest BCUT2D eigenvalue weighted by atomic mass is 10.1. The number of rotatable bonds is 7. The zero-order chi connectivity index (χ0) is 18.6. The van der Waals surface area contributed by atoms with E-state index in [1.807, 2.05) is 30.6 Å². The van der Waals surface area contributed by atoms with E-state index in [1.54, 1.807) is 29.5 Å². The van der Waals surface area contributed by atoms with Crippen LogP contribution in [0.4, 0.5) is 4.39 Å². The van der Waals surface area contributed by atoms with Gasteiger partial charge in [0.25, 0.3) is 0 Å². The van der Waals surface area contributed by atoms with Gasteiger partial charge >= 0.3 is 0 Å². The normalized spacial score (nSPS) is 11.4. The van der Waals surface area contributed by atoms with Gasteiger partial charge in [-0.2, -0.15) is 0 Å². The molecule has 0 bridgehead atoms. The fourth-order valence-corrected chi connectivity index (χ4v) is 3.75. The minimum absolute atomic E-state index is 0.292. The second-order valence-corrected chi connectivity index (χ2v) is 7.22. The van der Waals surface area contributed by atoms with Gasteiger partial charge in [0.15, 0.2) is 16.5 Å². The van der Waals surface area contributed by atoms with Crippen molar-refractivity contribution in [3.8, 4) is 17.0 Å². The molecule has 27 heavy (non-hydrogen) atoms. The number of hydrogen-bond donors (Lipinski definition) is 0. The summed E-state index contributed by atoms with van der Waals surface area (Å²) in [6.45, 7) is 1.83. The Balaban J connectivity index is 1.48. The predicted molar refractivity (Wildman–Crippen MR) is 107 cm³/mol. The molecule has 0 saturated carbocycles. The van der Waals surface area contributed by atoms with Gasteiger partial charge < -0.3 is 4.74 Å². The maximum atomic E-state index is 13.6. The molecule has 0 unspecified atom stereocenters. The molecule has 0 spiro atoms. The topological polar surface area (TPSA) is 29.8 Å². The third-order valence-corrected chi connectivity index (χ3v) is 5.15. The smallest absolute Gasteiger partial charge is 0.194 e. The second kappa shape index (κ2) is 7.90. The number of fused-ring (bicyclic) bond motifs is 1. The molecule has 4 aromatic rings. The van der Waals surface area contributed by atoms with Crippen molar-refractivity contribution in [2.24, 2.45) is 0 Å². The molecule has 0 aliphatic rings. The lowest BCUT2D eigenvalue weighted by Gasteiger charge is -2.17. The summed E-state index contributed by atoms with van der Waals surface area (Å²) in [5, 5.41) is 2.04. The quantitative estimate of drug-likeness (QED) is 0.464. The Bertz CT molecular complexity index is 1030. The Morgan fingerprint density at radius 2 is 1.89 bits per heavy atom. The predicted octanol–water partition coefficient (Wildman–Crippen LogP) is 4.71. The van der Waals surface area contributed by atoms with Crippen molar-refractivity contribution in [2.75, 3.05) is 20.2 Å². The van der Waals surface area contributed by atoms with Crippen LogP contribution in [-0.4, -0.2) is 34.5 Å². The molecule has 0 N–H and O–H groups in total. The van der Waals surface area contributed by atoms with Gasteiger partial charge in [-0.25, -0.2) is 9.37 Å². The van der Waals surface area contributed by atoms with Gasteiger partial charge in [0.1, 0.15) is 6.61 Å². The van der Waals surface area contributed by atoms with Gasteiger partial charge in [-0.3, -0.25) is 9.30 Å². The minimum Gasteiger partial charge on any atom is -0.489 e. The lowest BCUT2D eigenvalue weighted by Crippen LogP contribution is -2.25. The van der Waals surface area contributed by atoms with Crippen molar-refractivity contribution in [1.29, 1.82) is 0 Å². The molecule has 2 aromatic carbocycles. The standard InChI is InChI=1S/C21H20FN3OS/c1-24(11-13-26-19-10-6-5-9-17(19)22)15-18-20(16-7-3-2-4-8-16)23-21-25(18)12-14-27-21/h2-10,12,14H,11,13,15H2,1H3. The Labute approximate surface area is 161 Å². The molecule has 0 amide bonds. The van der Waals surface area contributed by atoms with E-state index in [2.05, 4.69) is 27.6 Å². The zero-order valence-electron chi connectivity index (χ0n) is 15.0. The fraction of sp³-hybridized carbons (Fsp3) is 0.190. The lowest BCUT2D eigenvalue weighted by molar-refractivity contribution is 0.225. The molecule has 2 heterocycles. The molecule has 4 nitrogen and oxygen atoms in total. The van der Waals surface area contributed by atoms with Crippen molar-refractivity contribution < 1.29 is 9.13 Å². The largest absolute Gasteiger partial charge is 0.489 e. The highest BCUT2D eigenvalue weighted by Gasteiger charge is 2.16. The first-order valence-electron chi connectivity index (χ1n) is 8.78. The molecule has 0 saturated heterocycles. The highest BCUT2D eigenvalue weighted by molar-refractivity contribution is 7.15. The van der Waals surface area contributed by atoms with Crippen LogP contribution in [0.15, 0.2) is 66.2 Å². The van der Waals surface area contributed by atoms with Crippen molar-refractivity contribution in [2.45, 2.75) is 6.54 Å². The van der Waals surface area contributed by atoms with Crippen LogP contribution >= 0.6 is 11.3 Å². The van der Waals surface area contributed by atoms with Crippen molar-refractivity contribution in [3.05, 3.63) is 77.7 Å². The Morgan fingerprint density at radius 3 is 2.70 bits per heavy atom. The molecule has 0 radical (unpaired) electrons. The molecule has 0 aliphatic heterocycles. The molecule has 4 rings (SSSR count). The van der Waals surface area contributed by atoms with E-state index in [1.165, 1.54) is 6.07 Å². The Morgan fingerprint density at radius 1 is 1.11 bits per heavy atom. The van der Waals surface area contributed by atoms with E-state index in [9.17, 15) is 4.39 Å². The van der Waals surface area contributed by atoms with Crippen LogP contribution in [0.25, 0.3) is 16.2 Å². The zero-order valence-corrected chi connectivity index (χ0v) is 15.8. The first-order valence-corrected chi connectivity index (χ1v) is 9.66. The maximum absolute atomic E-state index is 13.6. The highest BCUT2D eigenvalue weighted by atomic mass is 32.1. The van der Waals surface area contributed by atoms with Crippen LogP contribution in [0.5, 0.6) is 5.75 Å². The summed E-state index contributed by atoms with van der Waals surface area (Å²) >= 11 is 1.63. The summed E-state index contributed by atoms with van der Waals surface area (Å²) in [4.78, 5) is 7.96. The van der Waals surface area contributed by atoms with Gasteiger partial charge in [0.05, 0.1) is 11.4 Å². The summed E-state index contributed by atoms with van der Waals surface area (Å²) in [5.41, 5.74) is 3.26. The van der Waals surface area contributed by atoms with Crippen LogP contribution in [-0.2, 0) is 6.54 Å². The van der Waals surface area contributed by atoms with Gasteiger partial charge in [-0.1, -0.05) is 42.5 Å². The van der Waals surface area contributed by atoms with Gasteiger partial charge in [-0.05, 0) is 19.2 Å². The number of thiazole rings is 1. The molecular formula is C21H20FN3OS. The monoisotopic (exact) mass is 381 g/mol. The third kappa shape index (κ3) is 3.86. The third-order valence-electron chi connectivity index (χ3n) is 4.40. The van der Waals surface area contributed by atoms with Crippen molar-refractivity contribution in [3.63, 3.8) is 0 Å². The number of hydrogen-bond acceptors (Lipinski definition) is 4. The van der Waals surface area contributed by atoms with E-state index in [0.29, 0.717) is 18.9 Å². The average molecular weight is 381 g/mol. The van der Waals surface area contributed by atoms with Crippen LogP contribution in [0.1, 0.15) is 5.69 Å². The molecule has 2 aromatic heterocycles. The number of para-hydroxylation sites is 1. The number of likely N-dealkylation sites (N-methyl/N-ethyl adjacent to an activating group) is 1. The Hall–Kier alpha value is -2.70. The number of halogens is 1. The molecule has 0 aliphatic carbocycles. The van der Waals surface area contributed by atoms with E-state index in [-0.39, 0.29) is 5.82 Å². The van der Waals surface area contributed by atoms with Gasteiger partial charge in [-0.15, -0.1) is 11.3 Å². The molecule has 6 heteroatoms. The van der Waals surface area contributed by atoms with E-state index in [4.69, 9.17) is 9.72 Å². The van der Waals surface area contributed by atoms with Crippen LogP contribution in [0.3, 0.4) is 0 Å². The van der Waals surface area contributed by atoms with Crippen LogP contribution < -0.4 is 4.74 Å². The summed E-state index contributed by atoms with van der Waals surface area (Å²) in [6.07, 6.45) is 2.05. The number of aromatic nitrogens is 2. The van der Waals surface area contributed by atoms with Gasteiger partial charge in [0.2, 0.25) is 0 Å². The SMILES string of the molecule is CN(CCOc1ccccc1F)Cc1c(-c2ccccc2)nc2sccn12. The summed E-state index contributed by atoms with van der Waals surface area (Å²) in [6, 6.07) is 16.7. The van der Waals surface area contributed by atoms with Gasteiger partial charge in [0, 0.05) is 30.2 Å². The highest BCUT2D eigenvalue weighted by Crippen LogP contribution is 2.27. The van der Waals surface area contributed by atoms with Crippen LogP contribution in [0, 0.1) is 5.82 Å². The first kappa shape index (κ1) is 17.7. The number of benzene rings is 2. The Kier molecular flexibility index (Phi) is 5.18. The molecular weight excluding hydrogens is 361 g/mol. The minimum atomic E-state index is -0.331. The molecule has 138 valence electrons. The van der Waals surface area contributed by atoms with Crippen molar-refractivity contribution >= 4 is 16.3 Å². The number of ether oxygens (including phenoxy) is 1. The average Bonchev–Trinajstić information content (AvgIpc) is 3.27. The first-order chi connectivity index (χ1) is 13.2. The second-order valence-electron chi connectivity index (χ2n) is 6.35. The maximum Gasteiger partial charge on any atom is 0.194 e. The molecule has 0 fully saturated rings. The fourth-order valence-electron chi connectivity index (χ4n) is 3.02. The summed E-state index contributed by atoms with van der Waals surface area (Å²) < 4.78 is 21.4. The summed E-state index contributed by atoms with van der Waals surface area (Å²) in [5.74, 6) is -0.0391. The van der Waals surface area contributed by atoms with E-state index < -0.39 is 0 Å². The van der Waals surface area contributed by atoms with E-state index >= 15 is 0 Å². The molecule has 0 atom stereocenters. The van der Waals surface area contributed by atoms with Crippen LogP contribution in [0.2, 0.25) is 0 Å². The number of nitrogens with zero attached hydrogens (tertiary/aromatic N) is 3. The van der Waals surface area contributed by atoms with Crippen molar-refractivity contribution in [1.82, 2.24) is 14.3 Å². The van der Waals surface area contributed by atoms with E-state index in [0.717, 1.165) is 28.5 Å². The number of imidazole rings is 1.